The third-order valence-electron chi connectivity index (χ3n) is 8.98. The molecule has 240 valence electrons. The number of nitrogens with zero attached hydrogens (tertiary/aromatic N) is 4. The number of aromatic nitrogens is 3. The van der Waals surface area contributed by atoms with E-state index in [0.717, 1.165) is 73.3 Å². The van der Waals surface area contributed by atoms with Crippen molar-refractivity contribution < 1.29 is 19.7 Å². The molecule has 3 aromatic heterocycles. The SMILES string of the molecule is CC(C)(C)[C@H]1CCc2nc3sc(C(=O)N[C@H](CCN4CCC(O)CC4)c4ccc(Oc5ccc(O)cc5)nc4)nc3cc2C1.N. The van der Waals surface area contributed by atoms with Crippen LogP contribution in [0, 0.1) is 11.3 Å². The van der Waals surface area contributed by atoms with Gasteiger partial charge in [-0.1, -0.05) is 38.2 Å². The minimum atomic E-state index is -0.287. The predicted octanol–water partition coefficient (Wildman–Crippen LogP) is 6.22. The molecule has 6 rings (SSSR count). The van der Waals surface area contributed by atoms with Crippen LogP contribution in [0.25, 0.3) is 10.3 Å². The number of hydrogen-bond donors (Lipinski definition) is 4. The zero-order chi connectivity index (χ0) is 30.8. The zero-order valence-electron chi connectivity index (χ0n) is 26.3. The first-order valence-electron chi connectivity index (χ1n) is 15.5. The summed E-state index contributed by atoms with van der Waals surface area (Å²) in [4.78, 5) is 30.9. The number of carbonyl (C=O) groups excluding carboxylic acids is 1. The van der Waals surface area contributed by atoms with Crippen molar-refractivity contribution in [3.05, 3.63) is 70.5 Å². The van der Waals surface area contributed by atoms with Gasteiger partial charge in [0.1, 0.15) is 21.8 Å². The van der Waals surface area contributed by atoms with Gasteiger partial charge in [-0.2, -0.15) is 0 Å². The molecule has 4 aromatic rings. The van der Waals surface area contributed by atoms with Gasteiger partial charge in [0.25, 0.3) is 5.91 Å². The maximum Gasteiger partial charge on any atom is 0.280 e. The van der Waals surface area contributed by atoms with E-state index in [4.69, 9.17) is 14.7 Å². The number of nitrogens with one attached hydrogen (secondary N) is 1. The Bertz CT molecular complexity index is 1590. The molecule has 11 heteroatoms. The number of benzene rings is 1. The summed E-state index contributed by atoms with van der Waals surface area (Å²) in [5.41, 5.74) is 4.30. The molecule has 1 aromatic carbocycles. The number of phenolic OH excluding ortho intramolecular Hbond substituents is 1. The van der Waals surface area contributed by atoms with E-state index in [1.807, 2.05) is 6.07 Å². The Kier molecular flexibility index (Phi) is 10.0. The fourth-order valence-corrected chi connectivity index (χ4v) is 6.98. The van der Waals surface area contributed by atoms with Gasteiger partial charge in [0, 0.05) is 37.6 Å². The molecule has 1 aliphatic heterocycles. The van der Waals surface area contributed by atoms with Gasteiger partial charge < -0.3 is 31.3 Å². The molecule has 10 nitrogen and oxygen atoms in total. The number of hydrogen-bond acceptors (Lipinski definition) is 10. The maximum absolute atomic E-state index is 13.6. The van der Waals surface area contributed by atoms with Gasteiger partial charge in [0.2, 0.25) is 5.88 Å². The first-order valence-corrected chi connectivity index (χ1v) is 16.4. The Morgan fingerprint density at radius 2 is 1.87 bits per heavy atom. The van der Waals surface area contributed by atoms with Crippen LogP contribution in [0.5, 0.6) is 17.4 Å². The molecule has 6 N–H and O–H groups in total. The second-order valence-electron chi connectivity index (χ2n) is 13.2. The van der Waals surface area contributed by atoms with E-state index >= 15 is 0 Å². The monoisotopic (exact) mass is 632 g/mol. The predicted molar refractivity (Wildman–Crippen MR) is 176 cm³/mol. The summed E-state index contributed by atoms with van der Waals surface area (Å²) in [6, 6.07) is 12.0. The van der Waals surface area contributed by atoms with E-state index in [-0.39, 0.29) is 35.4 Å². The van der Waals surface area contributed by atoms with E-state index in [1.165, 1.54) is 16.9 Å². The van der Waals surface area contributed by atoms with E-state index in [9.17, 15) is 15.0 Å². The van der Waals surface area contributed by atoms with Crippen LogP contribution in [0.2, 0.25) is 0 Å². The van der Waals surface area contributed by atoms with Crippen molar-refractivity contribution in [2.75, 3.05) is 19.6 Å². The number of rotatable bonds is 8. The minimum Gasteiger partial charge on any atom is -0.508 e. The smallest absolute Gasteiger partial charge is 0.280 e. The molecule has 0 bridgehead atoms. The van der Waals surface area contributed by atoms with Crippen LogP contribution in [0.15, 0.2) is 48.7 Å². The second-order valence-corrected chi connectivity index (χ2v) is 14.1. The first-order chi connectivity index (χ1) is 21.1. The molecule has 0 radical (unpaired) electrons. The number of aromatic hydroxyl groups is 1. The first kappa shape index (κ1) is 32.7. The Labute approximate surface area is 268 Å². The largest absolute Gasteiger partial charge is 0.508 e. The molecule has 1 fully saturated rings. The maximum atomic E-state index is 13.6. The summed E-state index contributed by atoms with van der Waals surface area (Å²) in [7, 11) is 0. The number of carbonyl (C=O) groups is 1. The lowest BCUT2D eigenvalue weighted by molar-refractivity contribution is 0.0795. The fraction of sp³-hybridized carbons (Fsp3) is 0.471. The summed E-state index contributed by atoms with van der Waals surface area (Å²) in [6.45, 7) is 9.37. The minimum absolute atomic E-state index is 0. The summed E-state index contributed by atoms with van der Waals surface area (Å²) in [5.74, 6) is 1.54. The molecule has 1 saturated heterocycles. The number of aliphatic hydroxyl groups is 1. The lowest BCUT2D eigenvalue weighted by Gasteiger charge is -2.34. The standard InChI is InChI=1S/C34H41N5O4S.H3N/c1-34(2,3)23-5-10-27-22(18-23)19-29-32(37-27)44-33(38-29)31(42)36-28(14-17-39-15-12-25(41)13-16-39)21-4-11-30(35-20-21)43-26-8-6-24(40)7-9-26;/h4,6-9,11,19-20,23,25,28,40-41H,5,10,12-18H2,1-3H3,(H,36,42);1H3/t23-,28+;/m0./s1. The van der Waals surface area contributed by atoms with Crippen molar-refractivity contribution in [1.82, 2.24) is 31.3 Å². The fourth-order valence-electron chi connectivity index (χ4n) is 6.14. The van der Waals surface area contributed by atoms with Gasteiger partial charge in [0.05, 0.1) is 12.1 Å². The highest BCUT2D eigenvalue weighted by Crippen LogP contribution is 2.38. The summed E-state index contributed by atoms with van der Waals surface area (Å²) >= 11 is 1.35. The van der Waals surface area contributed by atoms with Crippen LogP contribution in [0.4, 0.5) is 0 Å². The molecule has 0 spiro atoms. The van der Waals surface area contributed by atoms with E-state index in [0.29, 0.717) is 29.0 Å². The summed E-state index contributed by atoms with van der Waals surface area (Å²) < 4.78 is 5.83. The molecule has 2 atom stereocenters. The number of piperidine rings is 1. The van der Waals surface area contributed by atoms with Gasteiger partial charge in [-0.05, 0) is 91.3 Å². The van der Waals surface area contributed by atoms with Gasteiger partial charge in [0.15, 0.2) is 5.01 Å². The van der Waals surface area contributed by atoms with E-state index < -0.39 is 0 Å². The highest BCUT2D eigenvalue weighted by molar-refractivity contribution is 7.19. The highest BCUT2D eigenvalue weighted by Gasteiger charge is 2.30. The lowest BCUT2D eigenvalue weighted by Crippen LogP contribution is -2.38. The number of thiazole rings is 1. The Hall–Kier alpha value is -3.64. The third-order valence-corrected chi connectivity index (χ3v) is 9.95. The number of ether oxygens (including phenoxy) is 1. The normalized spacial score (nSPS) is 18.2. The number of likely N-dealkylation sites (tertiary alicyclic amines) is 1. The molecule has 4 heterocycles. The Balaban J connectivity index is 0.00000400. The van der Waals surface area contributed by atoms with Crippen molar-refractivity contribution in [3.63, 3.8) is 0 Å². The van der Waals surface area contributed by atoms with Gasteiger partial charge in [-0.15, -0.1) is 0 Å². The molecular weight excluding hydrogens is 588 g/mol. The topological polar surface area (TPSA) is 156 Å². The molecule has 1 amide bonds. The van der Waals surface area contributed by atoms with E-state index in [2.05, 4.69) is 42.0 Å². The van der Waals surface area contributed by atoms with Gasteiger partial charge >= 0.3 is 0 Å². The molecular formula is C34H44N6O4S. The number of fused-ring (bicyclic) bond motifs is 2. The van der Waals surface area contributed by atoms with Crippen LogP contribution in [0.1, 0.15) is 79.1 Å². The quantitative estimate of drug-likeness (QED) is 0.177. The number of amides is 1. The Morgan fingerprint density at radius 3 is 2.56 bits per heavy atom. The van der Waals surface area contributed by atoms with Gasteiger partial charge in [-0.25, -0.2) is 15.0 Å². The number of aliphatic hydroxyl groups excluding tert-OH is 1. The van der Waals surface area contributed by atoms with Crippen LogP contribution in [0.3, 0.4) is 0 Å². The van der Waals surface area contributed by atoms with Crippen molar-refractivity contribution in [2.24, 2.45) is 11.3 Å². The molecule has 45 heavy (non-hydrogen) atoms. The van der Waals surface area contributed by atoms with Crippen molar-refractivity contribution in [3.8, 4) is 17.4 Å². The number of aryl methyl sites for hydroxylation is 1. The lowest BCUT2D eigenvalue weighted by atomic mass is 9.71. The Morgan fingerprint density at radius 1 is 1.11 bits per heavy atom. The summed E-state index contributed by atoms with van der Waals surface area (Å²) in [5, 5.41) is 23.1. The highest BCUT2D eigenvalue weighted by atomic mass is 32.1. The summed E-state index contributed by atoms with van der Waals surface area (Å²) in [6.07, 6.45) is 6.81. The van der Waals surface area contributed by atoms with Crippen molar-refractivity contribution in [2.45, 2.75) is 71.4 Å². The third kappa shape index (κ3) is 7.96. The van der Waals surface area contributed by atoms with Crippen LogP contribution in [-0.4, -0.2) is 61.7 Å². The number of phenols is 1. The molecule has 0 unspecified atom stereocenters. The van der Waals surface area contributed by atoms with Crippen molar-refractivity contribution >= 4 is 27.6 Å². The van der Waals surface area contributed by atoms with Crippen LogP contribution >= 0.6 is 11.3 Å². The average Bonchev–Trinajstić information content (AvgIpc) is 3.43. The molecule has 1 aliphatic carbocycles. The van der Waals surface area contributed by atoms with Gasteiger partial charge in [-0.3, -0.25) is 4.79 Å². The van der Waals surface area contributed by atoms with Crippen molar-refractivity contribution in [1.29, 1.82) is 0 Å². The average molecular weight is 633 g/mol. The molecule has 2 aliphatic rings. The second kappa shape index (κ2) is 13.8. The molecule has 0 saturated carbocycles. The van der Waals surface area contributed by atoms with E-state index in [1.54, 1.807) is 36.5 Å². The van der Waals surface area contributed by atoms with Crippen LogP contribution < -0.4 is 16.2 Å². The van der Waals surface area contributed by atoms with Crippen LogP contribution in [-0.2, 0) is 12.8 Å². The zero-order valence-corrected chi connectivity index (χ0v) is 27.1. The number of pyridine rings is 2.